The number of hydrogen-bond acceptors (Lipinski definition) is 10. The van der Waals surface area contributed by atoms with Gasteiger partial charge in [-0.3, -0.25) is 9.59 Å². The van der Waals surface area contributed by atoms with Gasteiger partial charge >= 0.3 is 5.97 Å². The summed E-state index contributed by atoms with van der Waals surface area (Å²) in [6, 6.07) is -0.691. The van der Waals surface area contributed by atoms with Crippen molar-refractivity contribution in [3.63, 3.8) is 0 Å². The predicted octanol–water partition coefficient (Wildman–Crippen LogP) is 2.85. The Bertz CT molecular complexity index is 957. The molecule has 0 amide bonds. The number of aliphatic hydroxyl groups is 3. The topological polar surface area (TPSA) is 143 Å². The van der Waals surface area contributed by atoms with Crippen LogP contribution in [0.15, 0.2) is 23.8 Å². The molecule has 12 atom stereocenters. The molecule has 10 nitrogen and oxygen atoms in total. The zero-order valence-electron chi connectivity index (χ0n) is 25.9. The van der Waals surface area contributed by atoms with Gasteiger partial charge < -0.3 is 39.2 Å². The lowest BCUT2D eigenvalue weighted by molar-refractivity contribution is -0.304. The average molecular weight is 708 g/mol. The zero-order valence-corrected chi connectivity index (χ0v) is 28.0. The summed E-state index contributed by atoms with van der Waals surface area (Å²) in [5.74, 6) is -2.44. The van der Waals surface area contributed by atoms with Crippen LogP contribution in [-0.4, -0.2) is 106 Å². The number of rotatable bonds is 7. The summed E-state index contributed by atoms with van der Waals surface area (Å²) in [5.41, 5.74) is 0.869. The fourth-order valence-corrected chi connectivity index (χ4v) is 6.72. The largest absolute Gasteiger partial charge is 0.462 e. The summed E-state index contributed by atoms with van der Waals surface area (Å²) in [5, 5.41) is 33.1. The van der Waals surface area contributed by atoms with Gasteiger partial charge in [0.2, 0.25) is 0 Å². The molecule has 0 radical (unpaired) electrons. The summed E-state index contributed by atoms with van der Waals surface area (Å²) in [7, 11) is 3.46. The molecule has 42 heavy (non-hydrogen) atoms. The van der Waals surface area contributed by atoms with E-state index in [1.807, 2.05) is 19.9 Å². The SMILES string of the molecule is CC[C@H]1OC(=O)C[C@@H](O)[C@H](C)[C@@H](O[C@@H]2O[C@H](C)[C@@H](O)[C@H](N(C)C)[C@H]2O)[C@@H](CC=O)C[C@@H](C)C(=O)/C=C/C(C)=C/[C@@H]1CI. The van der Waals surface area contributed by atoms with E-state index in [2.05, 4.69) is 22.6 Å². The monoisotopic (exact) mass is 707 g/mol. The molecule has 0 unspecified atom stereocenters. The van der Waals surface area contributed by atoms with Gasteiger partial charge in [0.1, 0.15) is 18.5 Å². The van der Waals surface area contributed by atoms with E-state index in [0.717, 1.165) is 11.9 Å². The maximum absolute atomic E-state index is 13.1. The number of ketones is 1. The molecule has 2 rings (SSSR count). The van der Waals surface area contributed by atoms with E-state index >= 15 is 0 Å². The molecule has 0 aromatic carbocycles. The Hall–Kier alpha value is -1.22. The predicted molar refractivity (Wildman–Crippen MR) is 167 cm³/mol. The van der Waals surface area contributed by atoms with E-state index < -0.39 is 72.7 Å². The molecule has 0 bridgehead atoms. The molecule has 240 valence electrons. The van der Waals surface area contributed by atoms with Gasteiger partial charge in [0, 0.05) is 28.6 Å². The first-order valence-electron chi connectivity index (χ1n) is 14.9. The summed E-state index contributed by atoms with van der Waals surface area (Å²) in [6.07, 6.45) is 0.0650. The van der Waals surface area contributed by atoms with Gasteiger partial charge in [0.25, 0.3) is 0 Å². The fourth-order valence-electron chi connectivity index (χ4n) is 5.90. The Kier molecular flexibility index (Phi) is 15.2. The number of nitrogens with zero attached hydrogens (tertiary/aromatic N) is 1. The quantitative estimate of drug-likeness (QED) is 0.157. The van der Waals surface area contributed by atoms with Crippen LogP contribution in [-0.2, 0) is 28.6 Å². The van der Waals surface area contributed by atoms with E-state index in [4.69, 9.17) is 14.2 Å². The van der Waals surface area contributed by atoms with Crippen LogP contribution < -0.4 is 0 Å². The zero-order chi connectivity index (χ0) is 31.7. The lowest BCUT2D eigenvalue weighted by Gasteiger charge is -2.46. The van der Waals surface area contributed by atoms with Gasteiger partial charge in [0.05, 0.1) is 36.9 Å². The molecular weight excluding hydrogens is 657 g/mol. The van der Waals surface area contributed by atoms with Crippen LogP contribution in [0.5, 0.6) is 0 Å². The van der Waals surface area contributed by atoms with Gasteiger partial charge in [-0.1, -0.05) is 61.1 Å². The van der Waals surface area contributed by atoms with E-state index in [1.54, 1.807) is 45.8 Å². The minimum absolute atomic E-state index is 0.0276. The first kappa shape index (κ1) is 37.0. The molecule has 2 aliphatic heterocycles. The lowest BCUT2D eigenvalue weighted by atomic mass is 9.79. The lowest BCUT2D eigenvalue weighted by Crippen LogP contribution is -2.63. The third-order valence-electron chi connectivity index (χ3n) is 8.53. The molecule has 11 heteroatoms. The molecule has 0 aliphatic carbocycles. The number of cyclic esters (lactones) is 1. The van der Waals surface area contributed by atoms with Crippen molar-refractivity contribution < 1.29 is 43.9 Å². The Morgan fingerprint density at radius 2 is 1.79 bits per heavy atom. The van der Waals surface area contributed by atoms with Crippen molar-refractivity contribution in [3.8, 4) is 0 Å². The molecule has 0 spiro atoms. The van der Waals surface area contributed by atoms with Gasteiger partial charge in [-0.2, -0.15) is 0 Å². The summed E-state index contributed by atoms with van der Waals surface area (Å²) >= 11 is 2.25. The Morgan fingerprint density at radius 3 is 2.36 bits per heavy atom. The second-order valence-corrected chi connectivity index (χ2v) is 13.0. The van der Waals surface area contributed by atoms with Crippen LogP contribution in [0, 0.1) is 23.7 Å². The van der Waals surface area contributed by atoms with Crippen LogP contribution in [0.2, 0.25) is 0 Å². The highest BCUT2D eigenvalue weighted by molar-refractivity contribution is 14.1. The molecular formula is C31H50INO9. The minimum atomic E-state index is -1.25. The van der Waals surface area contributed by atoms with Gasteiger partial charge in [-0.25, -0.2) is 0 Å². The summed E-state index contributed by atoms with van der Waals surface area (Å²) < 4.78 is 18.8. The molecule has 1 fully saturated rings. The number of carbonyl (C=O) groups excluding carboxylic acids is 3. The number of allylic oxidation sites excluding steroid dienone is 3. The highest BCUT2D eigenvalue weighted by Crippen LogP contribution is 2.34. The number of likely N-dealkylation sites (N-methyl/N-ethyl adjacent to an activating group) is 1. The standard InChI is InChI=1S/C31H50INO9/c1-8-25-22(16-32)13-17(2)9-10-23(35)18(3)14-21(11-12-34)30(19(4)24(36)15-26(37)41-25)42-31-29(39)27(33(6)7)28(38)20(5)40-31/h9-10,12-13,18-22,24-25,27-31,36,38-39H,8,11,14-16H2,1-7H3/b10-9+,17-13+/t18-,19+,20-,21+,22-,24-,25-,27+,28-,29-,30-,31+/m1/s1. The highest BCUT2D eigenvalue weighted by atomic mass is 127. The number of halogens is 1. The van der Waals surface area contributed by atoms with Crippen LogP contribution in [0.1, 0.15) is 60.3 Å². The van der Waals surface area contributed by atoms with Crippen molar-refractivity contribution in [1.82, 2.24) is 4.90 Å². The normalized spacial score (nSPS) is 41.6. The number of aldehydes is 1. The van der Waals surface area contributed by atoms with Crippen molar-refractivity contribution in [2.24, 2.45) is 23.7 Å². The van der Waals surface area contributed by atoms with Gasteiger partial charge in [0.15, 0.2) is 12.1 Å². The number of esters is 1. The van der Waals surface area contributed by atoms with Crippen molar-refractivity contribution in [3.05, 3.63) is 23.8 Å². The molecule has 3 N–H and O–H groups in total. The van der Waals surface area contributed by atoms with Crippen LogP contribution in [0.25, 0.3) is 0 Å². The number of hydrogen-bond donors (Lipinski definition) is 3. The van der Waals surface area contributed by atoms with Crippen LogP contribution >= 0.6 is 22.6 Å². The first-order valence-corrected chi connectivity index (χ1v) is 16.4. The third kappa shape index (κ3) is 9.90. The van der Waals surface area contributed by atoms with Crippen molar-refractivity contribution in [2.45, 2.75) is 109 Å². The molecule has 1 saturated heterocycles. The fraction of sp³-hybridized carbons (Fsp3) is 0.774. The number of ether oxygens (including phenoxy) is 3. The highest BCUT2D eigenvalue weighted by Gasteiger charge is 2.47. The molecule has 0 saturated carbocycles. The van der Waals surface area contributed by atoms with Crippen LogP contribution in [0.3, 0.4) is 0 Å². The summed E-state index contributed by atoms with van der Waals surface area (Å²) in [4.78, 5) is 39.7. The van der Waals surface area contributed by atoms with Crippen molar-refractivity contribution >= 4 is 40.6 Å². The van der Waals surface area contributed by atoms with Gasteiger partial charge in [-0.15, -0.1) is 0 Å². The van der Waals surface area contributed by atoms with E-state index in [0.29, 0.717) is 10.8 Å². The van der Waals surface area contributed by atoms with E-state index in [9.17, 15) is 29.7 Å². The third-order valence-corrected chi connectivity index (χ3v) is 9.55. The minimum Gasteiger partial charge on any atom is -0.462 e. The van der Waals surface area contributed by atoms with Crippen molar-refractivity contribution in [1.29, 1.82) is 0 Å². The second kappa shape index (κ2) is 17.3. The van der Waals surface area contributed by atoms with E-state index in [1.165, 1.54) is 6.08 Å². The summed E-state index contributed by atoms with van der Waals surface area (Å²) in [6.45, 7) is 9.00. The van der Waals surface area contributed by atoms with Gasteiger partial charge in [-0.05, 0) is 52.8 Å². The molecule has 2 aliphatic rings. The Labute approximate surface area is 264 Å². The number of carbonyl (C=O) groups is 3. The number of aliphatic hydroxyl groups excluding tert-OH is 3. The second-order valence-electron chi connectivity index (χ2n) is 12.1. The van der Waals surface area contributed by atoms with E-state index in [-0.39, 0.29) is 31.0 Å². The Morgan fingerprint density at radius 1 is 1.12 bits per heavy atom. The average Bonchev–Trinajstić information content (AvgIpc) is 2.93. The van der Waals surface area contributed by atoms with Crippen LogP contribution in [0.4, 0.5) is 0 Å². The Balaban J connectivity index is 2.52. The molecule has 0 aromatic rings. The molecule has 0 aromatic heterocycles. The maximum Gasteiger partial charge on any atom is 0.308 e. The smallest absolute Gasteiger partial charge is 0.308 e. The molecule has 2 heterocycles. The maximum atomic E-state index is 13.1. The number of alkyl halides is 1. The van der Waals surface area contributed by atoms with Crippen molar-refractivity contribution in [2.75, 3.05) is 18.5 Å². The first-order chi connectivity index (χ1) is 19.7.